The Morgan fingerprint density at radius 2 is 2.00 bits per heavy atom. The zero-order valence-corrected chi connectivity index (χ0v) is 14.3. The lowest BCUT2D eigenvalue weighted by Crippen LogP contribution is -2.56. The Hall–Kier alpha value is -0.520. The van der Waals surface area contributed by atoms with Crippen LogP contribution in [0.15, 0.2) is 33.6 Å². The number of hydrogen-bond donors (Lipinski definition) is 2. The van der Waals surface area contributed by atoms with E-state index < -0.39 is 11.5 Å². The van der Waals surface area contributed by atoms with Gasteiger partial charge in [0.25, 0.3) is 0 Å². The molecule has 0 spiro atoms. The normalized spacial score (nSPS) is 29.3. The predicted octanol–water partition coefficient (Wildman–Crippen LogP) is 4.06. The zero-order valence-electron chi connectivity index (χ0n) is 11.8. The van der Waals surface area contributed by atoms with Crippen molar-refractivity contribution in [3.63, 3.8) is 0 Å². The molecule has 0 saturated heterocycles. The van der Waals surface area contributed by atoms with E-state index in [1.165, 1.54) is 4.90 Å². The molecule has 0 aliphatic heterocycles. The molecule has 0 radical (unpaired) electrons. The lowest BCUT2D eigenvalue weighted by atomic mass is 9.81. The van der Waals surface area contributed by atoms with Gasteiger partial charge in [0.1, 0.15) is 5.54 Å². The number of carbonyl (C=O) groups is 1. The maximum Gasteiger partial charge on any atom is 0.323 e. The summed E-state index contributed by atoms with van der Waals surface area (Å²) in [6.07, 6.45) is 5.82. The summed E-state index contributed by atoms with van der Waals surface area (Å²) in [6.45, 7) is 0. The maximum atomic E-state index is 11.8. The van der Waals surface area contributed by atoms with Crippen LogP contribution >= 0.6 is 27.7 Å². The highest BCUT2D eigenvalue weighted by Crippen LogP contribution is 2.40. The SMILES string of the molecule is O=C(O)C1(NC2CC2)CCCC(Sc2ccc(Br)cc2)C1. The zero-order chi connectivity index (χ0) is 14.9. The molecule has 2 saturated carbocycles. The van der Waals surface area contributed by atoms with E-state index in [9.17, 15) is 9.90 Å². The van der Waals surface area contributed by atoms with E-state index in [4.69, 9.17) is 0 Å². The van der Waals surface area contributed by atoms with E-state index in [1.807, 2.05) is 23.9 Å². The third-order valence-corrected chi connectivity index (χ3v) is 6.10. The first-order valence-corrected chi connectivity index (χ1v) is 9.18. The van der Waals surface area contributed by atoms with Gasteiger partial charge < -0.3 is 5.11 Å². The van der Waals surface area contributed by atoms with Crippen LogP contribution in [0.5, 0.6) is 0 Å². The summed E-state index contributed by atoms with van der Waals surface area (Å²) in [7, 11) is 0. The Kier molecular flexibility index (Phi) is 4.62. The van der Waals surface area contributed by atoms with Gasteiger partial charge in [0.2, 0.25) is 0 Å². The van der Waals surface area contributed by atoms with Crippen molar-refractivity contribution in [1.29, 1.82) is 0 Å². The topological polar surface area (TPSA) is 49.3 Å². The van der Waals surface area contributed by atoms with Gasteiger partial charge >= 0.3 is 5.97 Å². The molecule has 5 heteroatoms. The fourth-order valence-corrected chi connectivity index (χ4v) is 4.63. The second kappa shape index (κ2) is 6.31. The number of hydrogen-bond acceptors (Lipinski definition) is 3. The van der Waals surface area contributed by atoms with Crippen LogP contribution < -0.4 is 5.32 Å². The first-order valence-electron chi connectivity index (χ1n) is 7.51. The maximum absolute atomic E-state index is 11.8. The summed E-state index contributed by atoms with van der Waals surface area (Å²) in [5.74, 6) is -0.671. The van der Waals surface area contributed by atoms with E-state index in [0.29, 0.717) is 11.3 Å². The number of rotatable bonds is 5. The molecule has 0 amide bonds. The molecule has 2 aliphatic rings. The molecule has 2 fully saturated rings. The van der Waals surface area contributed by atoms with Crippen molar-refractivity contribution < 1.29 is 9.90 Å². The van der Waals surface area contributed by atoms with Crippen LogP contribution in [-0.2, 0) is 4.79 Å². The van der Waals surface area contributed by atoms with E-state index in [2.05, 4.69) is 33.4 Å². The highest BCUT2D eigenvalue weighted by atomic mass is 79.9. The first-order chi connectivity index (χ1) is 10.1. The summed E-state index contributed by atoms with van der Waals surface area (Å²) in [4.78, 5) is 13.0. The molecule has 1 aromatic carbocycles. The highest BCUT2D eigenvalue weighted by Gasteiger charge is 2.46. The number of thioether (sulfide) groups is 1. The third kappa shape index (κ3) is 3.82. The third-order valence-electron chi connectivity index (χ3n) is 4.29. The van der Waals surface area contributed by atoms with Crippen LogP contribution in [0.25, 0.3) is 0 Å². The van der Waals surface area contributed by atoms with Crippen LogP contribution in [-0.4, -0.2) is 27.9 Å². The largest absolute Gasteiger partial charge is 0.480 e. The van der Waals surface area contributed by atoms with Crippen LogP contribution in [0.3, 0.4) is 0 Å². The van der Waals surface area contributed by atoms with Crippen LogP contribution in [0.2, 0.25) is 0 Å². The fraction of sp³-hybridized carbons (Fsp3) is 0.562. The van der Waals surface area contributed by atoms with Gasteiger partial charge in [0.05, 0.1) is 0 Å². The van der Waals surface area contributed by atoms with Gasteiger partial charge in [-0.3, -0.25) is 10.1 Å². The Morgan fingerprint density at radius 1 is 1.29 bits per heavy atom. The van der Waals surface area contributed by atoms with E-state index in [-0.39, 0.29) is 0 Å². The van der Waals surface area contributed by atoms with E-state index in [1.54, 1.807) is 0 Å². The van der Waals surface area contributed by atoms with Gasteiger partial charge in [-0.1, -0.05) is 15.9 Å². The molecular formula is C16H20BrNO2S. The summed E-state index contributed by atoms with van der Waals surface area (Å²) < 4.78 is 1.07. The number of halogens is 1. The number of carboxylic acids is 1. The average Bonchev–Trinajstić information content (AvgIpc) is 3.25. The minimum atomic E-state index is -0.702. The van der Waals surface area contributed by atoms with Crippen molar-refractivity contribution in [3.05, 3.63) is 28.7 Å². The lowest BCUT2D eigenvalue weighted by molar-refractivity contribution is -0.146. The summed E-state index contributed by atoms with van der Waals surface area (Å²) in [5.41, 5.74) is -0.702. The lowest BCUT2D eigenvalue weighted by Gasteiger charge is -2.38. The Bertz CT molecular complexity index is 518. The van der Waals surface area contributed by atoms with Gasteiger partial charge in [-0.05, 0) is 62.8 Å². The molecule has 1 aromatic rings. The highest BCUT2D eigenvalue weighted by molar-refractivity contribution is 9.10. The molecule has 21 heavy (non-hydrogen) atoms. The standard InChI is InChI=1S/C16H20BrNO2S/c17-11-3-7-13(8-4-11)21-14-2-1-9-16(10-14,15(19)20)18-12-5-6-12/h3-4,7-8,12,14,18H,1-2,5-6,9-10H2,(H,19,20). The van der Waals surface area contributed by atoms with Crippen molar-refractivity contribution in [1.82, 2.24) is 5.32 Å². The Balaban J connectivity index is 1.68. The van der Waals surface area contributed by atoms with Gasteiger partial charge in [-0.25, -0.2) is 0 Å². The summed E-state index contributed by atoms with van der Waals surface area (Å²) >= 11 is 5.26. The molecule has 3 nitrogen and oxygen atoms in total. The predicted molar refractivity (Wildman–Crippen MR) is 88.8 cm³/mol. The van der Waals surface area contributed by atoms with Crippen molar-refractivity contribution in [2.24, 2.45) is 0 Å². The molecule has 0 heterocycles. The molecule has 2 unspecified atom stereocenters. The van der Waals surface area contributed by atoms with Crippen molar-refractivity contribution >= 4 is 33.7 Å². The first kappa shape index (κ1) is 15.4. The minimum Gasteiger partial charge on any atom is -0.480 e. The van der Waals surface area contributed by atoms with E-state index >= 15 is 0 Å². The smallest absolute Gasteiger partial charge is 0.323 e. The van der Waals surface area contributed by atoms with Crippen molar-refractivity contribution in [3.8, 4) is 0 Å². The molecule has 0 bridgehead atoms. The van der Waals surface area contributed by atoms with Gasteiger partial charge in [0, 0.05) is 20.7 Å². The molecule has 2 atom stereocenters. The molecule has 3 rings (SSSR count). The average molecular weight is 370 g/mol. The van der Waals surface area contributed by atoms with Crippen molar-refractivity contribution in [2.45, 2.75) is 60.3 Å². The van der Waals surface area contributed by atoms with Crippen molar-refractivity contribution in [2.75, 3.05) is 0 Å². The monoisotopic (exact) mass is 369 g/mol. The van der Waals surface area contributed by atoms with Gasteiger partial charge in [-0.2, -0.15) is 0 Å². The fourth-order valence-electron chi connectivity index (χ4n) is 3.04. The second-order valence-electron chi connectivity index (χ2n) is 6.10. The van der Waals surface area contributed by atoms with Crippen LogP contribution in [0.4, 0.5) is 0 Å². The number of aliphatic carboxylic acids is 1. The molecule has 114 valence electrons. The number of nitrogens with one attached hydrogen (secondary N) is 1. The Morgan fingerprint density at radius 3 is 2.62 bits per heavy atom. The molecule has 2 N–H and O–H groups in total. The van der Waals surface area contributed by atoms with Crippen LogP contribution in [0, 0.1) is 0 Å². The molecule has 0 aromatic heterocycles. The minimum absolute atomic E-state index is 0.377. The Labute approximate surface area is 138 Å². The molecular weight excluding hydrogens is 350 g/mol. The molecule has 2 aliphatic carbocycles. The number of carboxylic acid groups (broad SMARTS) is 1. The van der Waals surface area contributed by atoms with Crippen LogP contribution in [0.1, 0.15) is 38.5 Å². The van der Waals surface area contributed by atoms with E-state index in [0.717, 1.165) is 43.0 Å². The second-order valence-corrected chi connectivity index (χ2v) is 8.39. The summed E-state index contributed by atoms with van der Waals surface area (Å²) in [6, 6.07) is 8.70. The summed E-state index contributed by atoms with van der Waals surface area (Å²) in [5, 5.41) is 13.5. The van der Waals surface area contributed by atoms with Gasteiger partial charge in [-0.15, -0.1) is 11.8 Å². The van der Waals surface area contributed by atoms with Gasteiger partial charge in [0.15, 0.2) is 0 Å². The number of benzene rings is 1. The quantitative estimate of drug-likeness (QED) is 0.821.